The van der Waals surface area contributed by atoms with Crippen molar-refractivity contribution in [2.75, 3.05) is 10.2 Å². The summed E-state index contributed by atoms with van der Waals surface area (Å²) in [5, 5.41) is 29.9. The Kier molecular flexibility index (Phi) is 13.2. The van der Waals surface area contributed by atoms with Crippen molar-refractivity contribution < 1.29 is 64.4 Å². The first-order valence-corrected chi connectivity index (χ1v) is 23.2. The van der Waals surface area contributed by atoms with Crippen LogP contribution in [0.5, 0.6) is 0 Å². The Balaban J connectivity index is 0.00000612. The first-order chi connectivity index (χ1) is 29.7. The molecular formula is C47H45KN10O3S3. The molecule has 0 amide bonds. The maximum Gasteiger partial charge on any atom is 1.00 e. The van der Waals surface area contributed by atoms with Crippen LogP contribution in [0.3, 0.4) is 0 Å². The van der Waals surface area contributed by atoms with Gasteiger partial charge in [-0.25, -0.2) is 23.4 Å². The molecule has 0 fully saturated rings. The average Bonchev–Trinajstić information content (AvgIpc) is 3.91. The predicted octanol–water partition coefficient (Wildman–Crippen LogP) is 9.66. The molecule has 0 aliphatic heterocycles. The molecule has 0 spiro atoms. The Morgan fingerprint density at radius 2 is 1.36 bits per heavy atom. The van der Waals surface area contributed by atoms with Crippen LogP contribution in [0.1, 0.15) is 76.5 Å². The molecule has 13 nitrogen and oxygen atoms in total. The molecule has 0 saturated carbocycles. The molecule has 0 atom stereocenters. The normalized spacial score (nSPS) is 12.0. The number of nitriles is 1. The molecule has 64 heavy (non-hydrogen) atoms. The van der Waals surface area contributed by atoms with Gasteiger partial charge in [0.15, 0.2) is 16.8 Å². The number of fused-ring (bicyclic) bond motifs is 2. The maximum absolute atomic E-state index is 11.9. The first-order valence-electron chi connectivity index (χ1n) is 20.1. The number of pyridine rings is 1. The van der Waals surface area contributed by atoms with Gasteiger partial charge in [-0.15, -0.1) is 10.2 Å². The van der Waals surface area contributed by atoms with Crippen molar-refractivity contribution in [1.82, 2.24) is 24.7 Å². The summed E-state index contributed by atoms with van der Waals surface area (Å²) in [4.78, 5) is 17.0. The minimum Gasteiger partial charge on any atom is -0.744 e. The molecule has 8 rings (SSSR count). The third kappa shape index (κ3) is 9.21. The summed E-state index contributed by atoms with van der Waals surface area (Å²) in [6, 6.07) is 23.1. The molecule has 4 aromatic heterocycles. The fourth-order valence-electron chi connectivity index (χ4n) is 7.92. The van der Waals surface area contributed by atoms with Crippen LogP contribution in [0.2, 0.25) is 0 Å². The Morgan fingerprint density at radius 1 is 0.750 bits per heavy atom. The zero-order valence-corrected chi connectivity index (χ0v) is 43.4. The molecule has 0 radical (unpaired) electrons. The van der Waals surface area contributed by atoms with Crippen LogP contribution < -0.4 is 61.6 Å². The number of anilines is 5. The maximum atomic E-state index is 11.9. The van der Waals surface area contributed by atoms with E-state index in [1.165, 1.54) is 22.9 Å². The molecule has 1 N–H and O–H groups in total. The Hall–Kier alpha value is -4.74. The zero-order valence-electron chi connectivity index (χ0n) is 37.8. The summed E-state index contributed by atoms with van der Waals surface area (Å²) in [7, 11) is -4.70. The molecule has 17 heteroatoms. The number of nitrogens with one attached hydrogen (secondary N) is 1. The largest absolute Gasteiger partial charge is 1.00 e. The Labute approximate surface area is 423 Å². The van der Waals surface area contributed by atoms with E-state index in [1.807, 2.05) is 53.7 Å². The van der Waals surface area contributed by atoms with Crippen molar-refractivity contribution >= 4 is 92.9 Å². The molecule has 0 aliphatic rings. The van der Waals surface area contributed by atoms with Crippen LogP contribution in [0, 0.1) is 66.7 Å². The minimum atomic E-state index is -4.70. The summed E-state index contributed by atoms with van der Waals surface area (Å²) in [5.41, 5.74) is 12.1. The van der Waals surface area contributed by atoms with Gasteiger partial charge in [0, 0.05) is 11.1 Å². The van der Waals surface area contributed by atoms with Crippen molar-refractivity contribution in [3.8, 4) is 11.2 Å². The van der Waals surface area contributed by atoms with Gasteiger partial charge in [0.25, 0.3) is 0 Å². The molecular weight excluding hydrogens is 888 g/mol. The fraction of sp³-hybridized carbons (Fsp3) is 0.255. The second-order valence-electron chi connectivity index (χ2n) is 17.0. The van der Waals surface area contributed by atoms with Gasteiger partial charge in [0.1, 0.15) is 33.3 Å². The summed E-state index contributed by atoms with van der Waals surface area (Å²) >= 11 is 2.72. The number of thiazole rings is 2. The second-order valence-corrected chi connectivity index (χ2v) is 20.4. The monoisotopic (exact) mass is 932 g/mol. The third-order valence-electron chi connectivity index (χ3n) is 10.6. The number of nitrogens with zero attached hydrogens (tertiary/aromatic N) is 9. The van der Waals surface area contributed by atoms with E-state index >= 15 is 0 Å². The number of hydrogen-bond donors (Lipinski definition) is 1. The van der Waals surface area contributed by atoms with Crippen LogP contribution in [-0.2, 0) is 15.5 Å². The second kappa shape index (κ2) is 17.9. The van der Waals surface area contributed by atoms with Crippen LogP contribution >= 0.6 is 22.7 Å². The van der Waals surface area contributed by atoms with Crippen molar-refractivity contribution in [1.29, 1.82) is 5.26 Å². The van der Waals surface area contributed by atoms with E-state index in [2.05, 4.69) is 87.3 Å². The molecule has 4 heterocycles. The van der Waals surface area contributed by atoms with Gasteiger partial charge < -0.3 is 9.87 Å². The van der Waals surface area contributed by atoms with Gasteiger partial charge >= 0.3 is 51.4 Å². The van der Waals surface area contributed by atoms with Gasteiger partial charge in [0.05, 0.1) is 36.7 Å². The quantitative estimate of drug-likeness (QED) is 0.0833. The van der Waals surface area contributed by atoms with Crippen LogP contribution in [0.4, 0.5) is 39.6 Å². The number of rotatable bonds is 9. The predicted molar refractivity (Wildman–Crippen MR) is 252 cm³/mol. The van der Waals surface area contributed by atoms with Gasteiger partial charge in [-0.1, -0.05) is 84.9 Å². The molecule has 4 aromatic carbocycles. The topological polar surface area (TPSA) is 177 Å². The Morgan fingerprint density at radius 3 is 1.98 bits per heavy atom. The van der Waals surface area contributed by atoms with Crippen LogP contribution in [0.25, 0.3) is 25.6 Å². The van der Waals surface area contributed by atoms with E-state index in [-0.39, 0.29) is 67.7 Å². The zero-order chi connectivity index (χ0) is 45.3. The standard InChI is InChI=1S/C47H46N10O3S3.K/c1-24-12-14-34-36(20-24)61-45(49-34)56(41-30(7)18-26(3)19-31(41)8)38-21-29(6)40(43(51-38)52-39-27(4)16-25(2)17-28(39)5)53-54-44-33(23-48)42(47(9,10)11)55-57(44)46-50-35-15-13-32(63(58,59)60)22-37(35)62-46;/h12-22H,1-11H3,(H,51,52)(H,58,59,60);/q;+1/p-1. The SMILES string of the molecule is Cc1cc(C)c(Nc2nc(N(c3nc4ccc(C)cc4s3)c3c(C)cc(C)cc3C)cc(C)c2N=Nc2c(C#N)c(C(C)(C)C)nn2-c2nc3ccc(S(=O)(=O)[O-])cc3s2)c(C)c1.[K+]. The molecule has 8 aromatic rings. The molecule has 320 valence electrons. The third-order valence-corrected chi connectivity index (χ3v) is 13.5. The van der Waals surface area contributed by atoms with Crippen LogP contribution in [0.15, 0.2) is 81.9 Å². The van der Waals surface area contributed by atoms with E-state index in [1.54, 1.807) is 11.3 Å². The summed E-state index contributed by atoms with van der Waals surface area (Å²) in [6.07, 6.45) is 0. The molecule has 0 aliphatic carbocycles. The smallest absolute Gasteiger partial charge is 0.744 e. The number of hydrogen-bond acceptors (Lipinski definition) is 14. The number of benzene rings is 4. The van der Waals surface area contributed by atoms with E-state index in [0.29, 0.717) is 38.4 Å². The first kappa shape index (κ1) is 47.2. The molecule has 0 unspecified atom stereocenters. The average molecular weight is 933 g/mol. The van der Waals surface area contributed by atoms with Gasteiger partial charge in [-0.05, 0) is 125 Å². The van der Waals surface area contributed by atoms with E-state index in [4.69, 9.17) is 30.3 Å². The summed E-state index contributed by atoms with van der Waals surface area (Å²) in [5.74, 6) is 1.18. The van der Waals surface area contributed by atoms with Crippen molar-refractivity contribution in [3.05, 3.63) is 122 Å². The van der Waals surface area contributed by atoms with Crippen molar-refractivity contribution in [2.45, 2.75) is 86.5 Å². The molecule has 0 bridgehead atoms. The van der Waals surface area contributed by atoms with Gasteiger partial charge in [0.2, 0.25) is 5.13 Å². The van der Waals surface area contributed by atoms with E-state index < -0.39 is 15.5 Å². The number of azo groups is 1. The number of aryl methyl sites for hydroxylation is 8. The van der Waals surface area contributed by atoms with Crippen molar-refractivity contribution in [2.24, 2.45) is 10.2 Å². The van der Waals surface area contributed by atoms with Gasteiger partial charge in [-0.3, -0.25) is 4.90 Å². The summed E-state index contributed by atoms with van der Waals surface area (Å²) in [6.45, 7) is 22.3. The van der Waals surface area contributed by atoms with Crippen LogP contribution in [-0.4, -0.2) is 37.7 Å². The van der Waals surface area contributed by atoms with Crippen molar-refractivity contribution in [3.63, 3.8) is 0 Å². The van der Waals surface area contributed by atoms with E-state index in [9.17, 15) is 18.2 Å². The fourth-order valence-corrected chi connectivity index (χ4v) is 10.5. The molecule has 0 saturated heterocycles. The van der Waals surface area contributed by atoms with Gasteiger partial charge in [-0.2, -0.15) is 15.0 Å². The summed E-state index contributed by atoms with van der Waals surface area (Å²) < 4.78 is 38.6. The van der Waals surface area contributed by atoms with E-state index in [0.717, 1.165) is 82.6 Å². The Bertz CT molecular complexity index is 3310. The minimum absolute atomic E-state index is 0. The number of aromatic nitrogens is 5.